The second-order valence-corrected chi connectivity index (χ2v) is 6.75. The van der Waals surface area contributed by atoms with Crippen LogP contribution in [0.25, 0.3) is 0 Å². The van der Waals surface area contributed by atoms with Crippen molar-refractivity contribution in [3.8, 4) is 0 Å². The van der Waals surface area contributed by atoms with Gasteiger partial charge in [0.05, 0.1) is 6.54 Å². The lowest BCUT2D eigenvalue weighted by Crippen LogP contribution is -2.40. The first kappa shape index (κ1) is 19.5. The molecule has 0 aliphatic heterocycles. The molecule has 7 heteroatoms. The van der Waals surface area contributed by atoms with Gasteiger partial charge < -0.3 is 10.6 Å². The van der Waals surface area contributed by atoms with Gasteiger partial charge in [0.2, 0.25) is 0 Å². The molecule has 2 aromatic rings. The van der Waals surface area contributed by atoms with Crippen molar-refractivity contribution < 1.29 is 4.79 Å². The van der Waals surface area contributed by atoms with Gasteiger partial charge in [-0.3, -0.25) is 19.1 Å². The van der Waals surface area contributed by atoms with Gasteiger partial charge in [0.25, 0.3) is 5.56 Å². The number of aromatic amines is 1. The Hall–Kier alpha value is -2.83. The fraction of sp³-hybridized carbons (Fsp3) is 0.421. The number of aryl methyl sites for hydroxylation is 1. The molecule has 0 spiro atoms. The number of carbonyl (C=O) groups excluding carboxylic acids is 1. The lowest BCUT2D eigenvalue weighted by Gasteiger charge is -2.24. The summed E-state index contributed by atoms with van der Waals surface area (Å²) in [6, 6.07) is 7.73. The van der Waals surface area contributed by atoms with E-state index in [1.807, 2.05) is 56.9 Å². The molecule has 2 rings (SSSR count). The standard InChI is InChI=1S/C19H26N4O3/c1-5-22(14-9-7-6-8-13(14)4)11-15(24)16-17(20)23(10-12(2)3)19(26)21-18(16)25/h6-9,12H,5,10-11,20H2,1-4H3,(H,21,25,26). The summed E-state index contributed by atoms with van der Waals surface area (Å²) in [5.74, 6) is -0.340. The Morgan fingerprint density at radius 3 is 2.50 bits per heavy atom. The lowest BCUT2D eigenvalue weighted by molar-refractivity contribution is 0.0997. The quantitative estimate of drug-likeness (QED) is 0.735. The highest BCUT2D eigenvalue weighted by Gasteiger charge is 2.22. The average molecular weight is 358 g/mol. The van der Waals surface area contributed by atoms with E-state index in [1.165, 1.54) is 4.57 Å². The SMILES string of the molecule is CCN(CC(=O)c1c(N)n(CC(C)C)c(=O)[nH]c1=O)c1ccccc1C. The first-order valence-electron chi connectivity index (χ1n) is 8.72. The smallest absolute Gasteiger partial charge is 0.329 e. The fourth-order valence-electron chi connectivity index (χ4n) is 2.94. The molecule has 1 aromatic carbocycles. The molecule has 0 atom stereocenters. The van der Waals surface area contributed by atoms with E-state index in [1.54, 1.807) is 0 Å². The number of ketones is 1. The monoisotopic (exact) mass is 358 g/mol. The number of nitrogens with zero attached hydrogens (tertiary/aromatic N) is 2. The number of nitrogens with two attached hydrogens (primary N) is 1. The predicted octanol–water partition coefficient (Wildman–Crippen LogP) is 1.79. The third-order valence-corrected chi connectivity index (χ3v) is 4.24. The Bertz CT molecular complexity index is 912. The number of H-pyrrole nitrogens is 1. The maximum atomic E-state index is 12.8. The minimum absolute atomic E-state index is 0.00845. The van der Waals surface area contributed by atoms with E-state index >= 15 is 0 Å². The van der Waals surface area contributed by atoms with E-state index in [2.05, 4.69) is 4.98 Å². The maximum absolute atomic E-state index is 12.8. The zero-order valence-electron chi connectivity index (χ0n) is 15.7. The van der Waals surface area contributed by atoms with E-state index in [4.69, 9.17) is 5.73 Å². The second kappa shape index (κ2) is 8.03. The number of hydrogen-bond donors (Lipinski definition) is 2. The van der Waals surface area contributed by atoms with Crippen molar-refractivity contribution in [3.63, 3.8) is 0 Å². The number of para-hydroxylation sites is 1. The first-order chi connectivity index (χ1) is 12.3. The molecule has 0 aliphatic rings. The molecule has 0 unspecified atom stereocenters. The van der Waals surface area contributed by atoms with Gasteiger partial charge in [-0.15, -0.1) is 0 Å². The van der Waals surface area contributed by atoms with Crippen LogP contribution in [0.3, 0.4) is 0 Å². The van der Waals surface area contributed by atoms with Crippen molar-refractivity contribution in [1.29, 1.82) is 0 Å². The number of carbonyl (C=O) groups is 1. The highest BCUT2D eigenvalue weighted by Crippen LogP contribution is 2.20. The molecule has 0 aliphatic carbocycles. The maximum Gasteiger partial charge on any atom is 0.329 e. The van der Waals surface area contributed by atoms with Gasteiger partial charge in [-0.1, -0.05) is 32.0 Å². The third kappa shape index (κ3) is 4.04. The molecular formula is C19H26N4O3. The highest BCUT2D eigenvalue weighted by atomic mass is 16.2. The topological polar surface area (TPSA) is 101 Å². The summed E-state index contributed by atoms with van der Waals surface area (Å²) in [4.78, 5) is 41.2. The Kier molecular flexibility index (Phi) is 6.02. The molecule has 0 bridgehead atoms. The van der Waals surface area contributed by atoms with Crippen LogP contribution in [0, 0.1) is 12.8 Å². The molecule has 0 saturated carbocycles. The highest BCUT2D eigenvalue weighted by molar-refractivity contribution is 6.02. The number of Topliss-reactive ketones (excluding diaryl/α,β-unsaturated/α-hetero) is 1. The number of rotatable bonds is 7. The van der Waals surface area contributed by atoms with Gasteiger partial charge in [-0.25, -0.2) is 4.79 Å². The number of benzene rings is 1. The zero-order valence-corrected chi connectivity index (χ0v) is 15.7. The summed E-state index contributed by atoms with van der Waals surface area (Å²) < 4.78 is 1.25. The minimum Gasteiger partial charge on any atom is -0.384 e. The molecule has 26 heavy (non-hydrogen) atoms. The summed E-state index contributed by atoms with van der Waals surface area (Å²) in [5.41, 5.74) is 6.50. The van der Waals surface area contributed by atoms with Crippen LogP contribution >= 0.6 is 0 Å². The molecule has 7 nitrogen and oxygen atoms in total. The van der Waals surface area contributed by atoms with Crippen LogP contribution in [0.4, 0.5) is 11.5 Å². The van der Waals surface area contributed by atoms with E-state index in [0.717, 1.165) is 11.3 Å². The number of nitrogen functional groups attached to an aromatic ring is 1. The second-order valence-electron chi connectivity index (χ2n) is 6.75. The van der Waals surface area contributed by atoms with E-state index in [-0.39, 0.29) is 23.8 Å². The number of nitrogens with one attached hydrogen (secondary N) is 1. The van der Waals surface area contributed by atoms with Gasteiger partial charge in [0.1, 0.15) is 11.4 Å². The van der Waals surface area contributed by atoms with Crippen molar-refractivity contribution >= 4 is 17.3 Å². The first-order valence-corrected chi connectivity index (χ1v) is 8.72. The zero-order chi connectivity index (χ0) is 19.4. The van der Waals surface area contributed by atoms with Crippen molar-refractivity contribution in [2.24, 2.45) is 5.92 Å². The minimum atomic E-state index is -0.738. The predicted molar refractivity (Wildman–Crippen MR) is 104 cm³/mol. The molecule has 0 amide bonds. The van der Waals surface area contributed by atoms with Crippen LogP contribution in [-0.4, -0.2) is 28.4 Å². The number of aromatic nitrogens is 2. The van der Waals surface area contributed by atoms with E-state index in [9.17, 15) is 14.4 Å². The Balaban J connectivity index is 2.42. The number of hydrogen-bond acceptors (Lipinski definition) is 5. The summed E-state index contributed by atoms with van der Waals surface area (Å²) in [6.07, 6.45) is 0. The fourth-order valence-corrected chi connectivity index (χ4v) is 2.94. The molecule has 3 N–H and O–H groups in total. The van der Waals surface area contributed by atoms with Crippen LogP contribution in [0.5, 0.6) is 0 Å². The summed E-state index contributed by atoms with van der Waals surface area (Å²) in [7, 11) is 0. The van der Waals surface area contributed by atoms with Crippen molar-refractivity contribution in [1.82, 2.24) is 9.55 Å². The molecule has 0 saturated heterocycles. The summed E-state index contributed by atoms with van der Waals surface area (Å²) >= 11 is 0. The van der Waals surface area contributed by atoms with E-state index < -0.39 is 17.0 Å². The van der Waals surface area contributed by atoms with Gasteiger partial charge in [-0.05, 0) is 31.4 Å². The van der Waals surface area contributed by atoms with Gasteiger partial charge in [0.15, 0.2) is 5.78 Å². The van der Waals surface area contributed by atoms with Gasteiger partial charge in [0, 0.05) is 18.8 Å². The van der Waals surface area contributed by atoms with Crippen LogP contribution in [-0.2, 0) is 6.54 Å². The molecule has 140 valence electrons. The van der Waals surface area contributed by atoms with Crippen LogP contribution in [0.1, 0.15) is 36.7 Å². The van der Waals surface area contributed by atoms with Crippen LogP contribution in [0.2, 0.25) is 0 Å². The molecule has 0 fully saturated rings. The Labute approximate surface area is 152 Å². The molecule has 1 heterocycles. The normalized spacial score (nSPS) is 11.0. The lowest BCUT2D eigenvalue weighted by atomic mass is 10.1. The van der Waals surface area contributed by atoms with Gasteiger partial charge in [-0.2, -0.15) is 0 Å². The molecule has 1 aromatic heterocycles. The Morgan fingerprint density at radius 2 is 1.92 bits per heavy atom. The summed E-state index contributed by atoms with van der Waals surface area (Å²) in [5, 5.41) is 0. The number of likely N-dealkylation sites (N-methyl/N-ethyl adjacent to an activating group) is 1. The van der Waals surface area contributed by atoms with Gasteiger partial charge >= 0.3 is 5.69 Å². The average Bonchev–Trinajstić information content (AvgIpc) is 2.57. The number of anilines is 2. The van der Waals surface area contributed by atoms with Crippen LogP contribution < -0.4 is 21.9 Å². The Morgan fingerprint density at radius 1 is 1.27 bits per heavy atom. The summed E-state index contributed by atoms with van der Waals surface area (Å²) in [6.45, 7) is 8.69. The van der Waals surface area contributed by atoms with E-state index in [0.29, 0.717) is 13.1 Å². The third-order valence-electron chi connectivity index (χ3n) is 4.24. The van der Waals surface area contributed by atoms with Crippen LogP contribution in [0.15, 0.2) is 33.9 Å². The van der Waals surface area contributed by atoms with Crippen molar-refractivity contribution in [2.75, 3.05) is 23.7 Å². The molecular weight excluding hydrogens is 332 g/mol. The van der Waals surface area contributed by atoms with Crippen molar-refractivity contribution in [2.45, 2.75) is 34.2 Å². The largest absolute Gasteiger partial charge is 0.384 e. The van der Waals surface area contributed by atoms with Crippen molar-refractivity contribution in [3.05, 3.63) is 56.2 Å². The molecule has 0 radical (unpaired) electrons.